The van der Waals surface area contributed by atoms with Crippen LogP contribution in [0.25, 0.3) is 0 Å². The summed E-state index contributed by atoms with van der Waals surface area (Å²) in [6.07, 6.45) is -0.279. The lowest BCUT2D eigenvalue weighted by Crippen LogP contribution is -2.44. The Kier molecular flexibility index (Phi) is 7.21. The van der Waals surface area contributed by atoms with Gasteiger partial charge in [-0.05, 0) is 0 Å². The molecule has 0 spiro atoms. The van der Waals surface area contributed by atoms with Crippen molar-refractivity contribution < 1.29 is 44.4 Å². The molecule has 6 N–H and O–H groups in total. The summed E-state index contributed by atoms with van der Waals surface area (Å²) < 4.78 is 0. The maximum absolute atomic E-state index is 11.0. The van der Waals surface area contributed by atoms with Gasteiger partial charge in [0.1, 0.15) is 0 Å². The van der Waals surface area contributed by atoms with E-state index >= 15 is 0 Å². The monoisotopic (exact) mass is 323 g/mol. The molecule has 0 aromatic carbocycles. The van der Waals surface area contributed by atoms with Gasteiger partial charge < -0.3 is 26.2 Å². The molecule has 0 unspecified atom stereocenters. The lowest BCUT2D eigenvalue weighted by molar-refractivity contribution is -0.158. The van der Waals surface area contributed by atoms with E-state index in [0.717, 1.165) is 0 Å². The van der Waals surface area contributed by atoms with Crippen LogP contribution in [0.1, 0.15) is 6.42 Å². The second-order valence-electron chi connectivity index (χ2n) is 3.86. The van der Waals surface area contributed by atoms with Crippen LogP contribution in [-0.4, -0.2) is 61.2 Å². The first kappa shape index (κ1) is 18.7. The van der Waals surface area contributed by atoms with E-state index in [1.165, 1.54) is 0 Å². The largest absolute Gasteiger partial charge is 0.481 e. The standard InChI is InChI=1S/C10H13NO9S/c11-3(12)1-2-21-6(4(7(13)14)8(15)16)5(9(17)18)10(19)20/h4-6H,1-2H2,(H2,11,12)(H,13,14)(H,15,16)(H,17,18)(H,19,20). The van der Waals surface area contributed by atoms with Crippen LogP contribution in [0.15, 0.2) is 0 Å². The third-order valence-corrected chi connectivity index (χ3v) is 3.75. The minimum Gasteiger partial charge on any atom is -0.481 e. The summed E-state index contributed by atoms with van der Waals surface area (Å²) in [4.78, 5) is 54.4. The van der Waals surface area contributed by atoms with Crippen molar-refractivity contribution in [2.75, 3.05) is 5.75 Å². The summed E-state index contributed by atoms with van der Waals surface area (Å²) >= 11 is 0.455. The van der Waals surface area contributed by atoms with E-state index in [1.807, 2.05) is 0 Å². The topological polar surface area (TPSA) is 192 Å². The van der Waals surface area contributed by atoms with Crippen LogP contribution in [0, 0.1) is 11.8 Å². The lowest BCUT2D eigenvalue weighted by Gasteiger charge is -2.23. The predicted molar refractivity (Wildman–Crippen MR) is 67.6 cm³/mol. The van der Waals surface area contributed by atoms with Crippen LogP contribution in [0.4, 0.5) is 0 Å². The number of carboxylic acids is 4. The SMILES string of the molecule is NC(=O)CCSC(C(C(=O)O)C(=O)O)C(C(=O)O)C(=O)O. The number of hydrogen-bond acceptors (Lipinski definition) is 6. The van der Waals surface area contributed by atoms with Crippen molar-refractivity contribution in [3.8, 4) is 0 Å². The summed E-state index contributed by atoms with van der Waals surface area (Å²) in [5.74, 6) is -12.9. The molecule has 0 fully saturated rings. The number of thioether (sulfide) groups is 1. The Hall–Kier alpha value is -2.30. The summed E-state index contributed by atoms with van der Waals surface area (Å²) in [6, 6.07) is 0. The Morgan fingerprint density at radius 2 is 1.14 bits per heavy atom. The minimum atomic E-state index is -2.25. The fourth-order valence-electron chi connectivity index (χ4n) is 1.45. The molecule has 0 rings (SSSR count). The number of hydrogen-bond donors (Lipinski definition) is 5. The molecule has 0 aromatic rings. The number of rotatable bonds is 10. The molecule has 118 valence electrons. The number of carbonyl (C=O) groups is 5. The third-order valence-electron chi connectivity index (χ3n) is 2.38. The molecule has 0 atom stereocenters. The third kappa shape index (κ3) is 5.69. The average molecular weight is 323 g/mol. The molecule has 0 aliphatic carbocycles. The van der Waals surface area contributed by atoms with E-state index < -0.39 is 46.9 Å². The molecule has 0 aliphatic rings. The van der Waals surface area contributed by atoms with Crippen LogP contribution < -0.4 is 5.73 Å². The van der Waals surface area contributed by atoms with Gasteiger partial charge in [0.05, 0.1) is 5.25 Å². The quantitative estimate of drug-likeness (QED) is 0.296. The van der Waals surface area contributed by atoms with Gasteiger partial charge in [-0.2, -0.15) is 11.8 Å². The van der Waals surface area contributed by atoms with Crippen molar-refractivity contribution in [3.63, 3.8) is 0 Å². The number of carboxylic acid groups (broad SMARTS) is 4. The van der Waals surface area contributed by atoms with Crippen LogP contribution in [0.3, 0.4) is 0 Å². The highest BCUT2D eigenvalue weighted by atomic mass is 32.2. The number of amides is 1. The maximum atomic E-state index is 11.0. The van der Waals surface area contributed by atoms with Crippen LogP contribution in [0.5, 0.6) is 0 Å². The first-order valence-corrected chi connectivity index (χ1v) is 6.45. The summed E-state index contributed by atoms with van der Waals surface area (Å²) in [5.41, 5.74) is 4.85. The fraction of sp³-hybridized carbons (Fsp3) is 0.500. The highest BCUT2D eigenvalue weighted by Gasteiger charge is 2.46. The van der Waals surface area contributed by atoms with Gasteiger partial charge in [0.15, 0.2) is 11.8 Å². The van der Waals surface area contributed by atoms with E-state index in [1.54, 1.807) is 0 Å². The van der Waals surface area contributed by atoms with Crippen LogP contribution in [-0.2, 0) is 24.0 Å². The summed E-state index contributed by atoms with van der Waals surface area (Å²) in [7, 11) is 0. The molecule has 10 nitrogen and oxygen atoms in total. The Balaban J connectivity index is 5.46. The zero-order chi connectivity index (χ0) is 16.7. The first-order chi connectivity index (χ1) is 9.59. The molecule has 0 heterocycles. The van der Waals surface area contributed by atoms with Crippen molar-refractivity contribution in [2.45, 2.75) is 11.7 Å². The molecular weight excluding hydrogens is 310 g/mol. The van der Waals surface area contributed by atoms with Crippen LogP contribution >= 0.6 is 11.8 Å². The molecule has 11 heteroatoms. The maximum Gasteiger partial charge on any atom is 0.319 e. The lowest BCUT2D eigenvalue weighted by atomic mass is 9.93. The van der Waals surface area contributed by atoms with Gasteiger partial charge >= 0.3 is 23.9 Å². The average Bonchev–Trinajstić information content (AvgIpc) is 2.25. The number of carbonyl (C=O) groups excluding carboxylic acids is 1. The molecule has 1 amide bonds. The second kappa shape index (κ2) is 8.09. The zero-order valence-electron chi connectivity index (χ0n) is 10.5. The predicted octanol–water partition coefficient (Wildman–Crippen LogP) is -1.47. The van der Waals surface area contributed by atoms with Gasteiger partial charge in [-0.25, -0.2) is 0 Å². The van der Waals surface area contributed by atoms with E-state index in [0.29, 0.717) is 11.8 Å². The molecular formula is C10H13NO9S. The minimum absolute atomic E-state index is 0.200. The molecule has 0 bridgehead atoms. The van der Waals surface area contributed by atoms with Crippen molar-refractivity contribution in [1.82, 2.24) is 0 Å². The molecule has 0 aliphatic heterocycles. The molecule has 21 heavy (non-hydrogen) atoms. The van der Waals surface area contributed by atoms with Gasteiger partial charge in [-0.1, -0.05) is 0 Å². The summed E-state index contributed by atoms with van der Waals surface area (Å²) in [6.45, 7) is 0. The highest BCUT2D eigenvalue weighted by Crippen LogP contribution is 2.29. The smallest absolute Gasteiger partial charge is 0.319 e. The molecule has 0 aromatic heterocycles. The zero-order valence-corrected chi connectivity index (χ0v) is 11.3. The first-order valence-electron chi connectivity index (χ1n) is 5.40. The van der Waals surface area contributed by atoms with Crippen molar-refractivity contribution >= 4 is 41.5 Å². The molecule has 0 radical (unpaired) electrons. The Bertz CT molecular complexity index is 403. The summed E-state index contributed by atoms with van der Waals surface area (Å²) in [5, 5.41) is 33.7. The number of nitrogens with two attached hydrogens (primary N) is 1. The number of primary amides is 1. The highest BCUT2D eigenvalue weighted by molar-refractivity contribution is 8.00. The molecule has 0 saturated heterocycles. The molecule has 0 saturated carbocycles. The van der Waals surface area contributed by atoms with Gasteiger partial charge in [-0.3, -0.25) is 24.0 Å². The van der Waals surface area contributed by atoms with Gasteiger partial charge in [-0.15, -0.1) is 0 Å². The van der Waals surface area contributed by atoms with E-state index in [4.69, 9.17) is 26.2 Å². The number of aliphatic carboxylic acids is 4. The Morgan fingerprint density at radius 3 is 1.38 bits per heavy atom. The van der Waals surface area contributed by atoms with Crippen LogP contribution in [0.2, 0.25) is 0 Å². The second-order valence-corrected chi connectivity index (χ2v) is 5.15. The fourth-order valence-corrected chi connectivity index (χ4v) is 2.90. The van der Waals surface area contributed by atoms with Gasteiger partial charge in [0.2, 0.25) is 5.91 Å². The van der Waals surface area contributed by atoms with E-state index in [2.05, 4.69) is 0 Å². The van der Waals surface area contributed by atoms with Crippen molar-refractivity contribution in [2.24, 2.45) is 17.6 Å². The van der Waals surface area contributed by atoms with E-state index in [9.17, 15) is 24.0 Å². The van der Waals surface area contributed by atoms with Gasteiger partial charge in [0.25, 0.3) is 0 Å². The van der Waals surface area contributed by atoms with Crippen molar-refractivity contribution in [3.05, 3.63) is 0 Å². The Morgan fingerprint density at radius 1 is 0.810 bits per heavy atom. The Labute approximate surface area is 121 Å². The van der Waals surface area contributed by atoms with Gasteiger partial charge in [0, 0.05) is 12.2 Å². The van der Waals surface area contributed by atoms with Crippen molar-refractivity contribution in [1.29, 1.82) is 0 Å². The van der Waals surface area contributed by atoms with E-state index in [-0.39, 0.29) is 12.2 Å². The normalized spacial score (nSPS) is 10.8.